The molecule has 0 saturated heterocycles. The lowest BCUT2D eigenvalue weighted by molar-refractivity contribution is -0.137. The maximum Gasteiger partial charge on any atom is 0.416 e. The van der Waals surface area contributed by atoms with E-state index in [1.807, 2.05) is 6.92 Å². The molecule has 0 aliphatic heterocycles. The summed E-state index contributed by atoms with van der Waals surface area (Å²) in [6.45, 7) is 1.85. The largest absolute Gasteiger partial charge is 0.416 e. The van der Waals surface area contributed by atoms with Crippen molar-refractivity contribution in [3.05, 3.63) is 53.1 Å². The van der Waals surface area contributed by atoms with Crippen LogP contribution in [0.25, 0.3) is 0 Å². The van der Waals surface area contributed by atoms with Gasteiger partial charge in [0.2, 0.25) is 0 Å². The topological polar surface area (TPSA) is 61.8 Å². The minimum atomic E-state index is -4.47. The van der Waals surface area contributed by atoms with E-state index >= 15 is 0 Å². The Morgan fingerprint density at radius 2 is 1.86 bits per heavy atom. The van der Waals surface area contributed by atoms with Crippen LogP contribution in [0, 0.1) is 18.3 Å². The van der Waals surface area contributed by atoms with Gasteiger partial charge in [-0.05, 0) is 48.9 Å². The van der Waals surface area contributed by atoms with Gasteiger partial charge in [-0.25, -0.2) is 0 Å². The molecule has 2 aromatic rings. The monoisotopic (exact) mass is 291 g/mol. The maximum absolute atomic E-state index is 12.6. The number of hydrogen-bond donors (Lipinski definition) is 2. The molecule has 21 heavy (non-hydrogen) atoms. The van der Waals surface area contributed by atoms with Gasteiger partial charge < -0.3 is 11.1 Å². The van der Waals surface area contributed by atoms with E-state index in [0.717, 1.165) is 17.7 Å². The Morgan fingerprint density at radius 3 is 2.43 bits per heavy atom. The zero-order valence-electron chi connectivity index (χ0n) is 11.1. The maximum atomic E-state index is 12.6. The minimum Gasteiger partial charge on any atom is -0.399 e. The van der Waals surface area contributed by atoms with Crippen LogP contribution in [0.4, 0.5) is 30.2 Å². The van der Waals surface area contributed by atoms with Gasteiger partial charge >= 0.3 is 6.18 Å². The summed E-state index contributed by atoms with van der Waals surface area (Å²) in [7, 11) is 0. The summed E-state index contributed by atoms with van der Waals surface area (Å²) in [5.41, 5.74) is 7.13. The molecule has 0 aliphatic carbocycles. The van der Waals surface area contributed by atoms with Crippen molar-refractivity contribution in [2.45, 2.75) is 13.1 Å². The van der Waals surface area contributed by atoms with Crippen molar-refractivity contribution in [3.8, 4) is 6.07 Å². The number of nitrogens with zero attached hydrogens (tertiary/aromatic N) is 1. The molecule has 0 saturated carbocycles. The molecule has 0 heterocycles. The number of nitriles is 1. The number of aryl methyl sites for hydroxylation is 1. The van der Waals surface area contributed by atoms with Gasteiger partial charge in [-0.1, -0.05) is 0 Å². The van der Waals surface area contributed by atoms with E-state index in [1.165, 1.54) is 6.07 Å². The van der Waals surface area contributed by atoms with Crippen molar-refractivity contribution in [2.75, 3.05) is 11.1 Å². The highest BCUT2D eigenvalue weighted by atomic mass is 19.4. The third-order valence-corrected chi connectivity index (χ3v) is 2.85. The summed E-state index contributed by atoms with van der Waals surface area (Å²) in [5.74, 6) is 0. The molecule has 6 heteroatoms. The zero-order chi connectivity index (χ0) is 15.6. The highest BCUT2D eigenvalue weighted by Crippen LogP contribution is 2.32. The van der Waals surface area contributed by atoms with Crippen LogP contribution in [0.5, 0.6) is 0 Å². The van der Waals surface area contributed by atoms with Crippen molar-refractivity contribution >= 4 is 17.1 Å². The summed E-state index contributed by atoms with van der Waals surface area (Å²) in [4.78, 5) is 0. The zero-order valence-corrected chi connectivity index (χ0v) is 11.1. The predicted molar refractivity (Wildman–Crippen MR) is 75.0 cm³/mol. The Labute approximate surface area is 119 Å². The highest BCUT2D eigenvalue weighted by Gasteiger charge is 2.31. The number of alkyl halides is 3. The van der Waals surface area contributed by atoms with Gasteiger partial charge in [0.05, 0.1) is 16.8 Å². The number of nitrogen functional groups attached to an aromatic ring is 1. The standard InChI is InChI=1S/C15H12F3N3/c1-9-4-12(20)7-13(5-9)21-14-3-2-11(15(16,17)18)6-10(14)8-19/h2-7,21H,20H2,1H3. The first-order valence-corrected chi connectivity index (χ1v) is 6.05. The van der Waals surface area contributed by atoms with Crippen molar-refractivity contribution in [1.82, 2.24) is 0 Å². The first kappa shape index (κ1) is 14.7. The van der Waals surface area contributed by atoms with E-state index in [2.05, 4.69) is 5.32 Å². The van der Waals surface area contributed by atoms with Gasteiger partial charge in [0.1, 0.15) is 6.07 Å². The fraction of sp³-hybridized carbons (Fsp3) is 0.133. The second kappa shape index (κ2) is 5.37. The van der Waals surface area contributed by atoms with E-state index in [0.29, 0.717) is 17.1 Å². The lowest BCUT2D eigenvalue weighted by Gasteiger charge is -2.12. The van der Waals surface area contributed by atoms with Gasteiger partial charge in [-0.2, -0.15) is 18.4 Å². The van der Waals surface area contributed by atoms with E-state index in [1.54, 1.807) is 24.3 Å². The summed E-state index contributed by atoms with van der Waals surface area (Å²) >= 11 is 0. The third-order valence-electron chi connectivity index (χ3n) is 2.85. The fourth-order valence-corrected chi connectivity index (χ4v) is 1.96. The Hall–Kier alpha value is -2.68. The van der Waals surface area contributed by atoms with E-state index in [4.69, 9.17) is 11.0 Å². The molecule has 0 unspecified atom stereocenters. The molecule has 3 N–H and O–H groups in total. The van der Waals surface area contributed by atoms with Crippen LogP contribution in [-0.4, -0.2) is 0 Å². The van der Waals surface area contributed by atoms with Gasteiger partial charge in [-0.15, -0.1) is 0 Å². The Kier molecular flexibility index (Phi) is 3.76. The van der Waals surface area contributed by atoms with Crippen molar-refractivity contribution in [2.24, 2.45) is 0 Å². The average Bonchev–Trinajstić information content (AvgIpc) is 2.36. The molecule has 0 atom stereocenters. The first-order chi connectivity index (χ1) is 9.79. The molecule has 0 amide bonds. The summed E-state index contributed by atoms with van der Waals surface area (Å²) in [6.07, 6.45) is -4.47. The number of anilines is 3. The van der Waals surface area contributed by atoms with Crippen LogP contribution in [0.1, 0.15) is 16.7 Å². The molecule has 0 bridgehead atoms. The molecule has 0 radical (unpaired) electrons. The van der Waals surface area contributed by atoms with E-state index in [-0.39, 0.29) is 5.56 Å². The molecule has 0 aliphatic rings. The lowest BCUT2D eigenvalue weighted by atomic mass is 10.1. The molecule has 3 nitrogen and oxygen atoms in total. The van der Waals surface area contributed by atoms with Gasteiger partial charge in [0.15, 0.2) is 0 Å². The summed E-state index contributed by atoms with van der Waals surface area (Å²) < 4.78 is 37.9. The third kappa shape index (κ3) is 3.45. The van der Waals surface area contributed by atoms with Crippen molar-refractivity contribution < 1.29 is 13.2 Å². The molecule has 2 aromatic carbocycles. The number of halogens is 3. The van der Waals surface area contributed by atoms with Crippen LogP contribution in [0.15, 0.2) is 36.4 Å². The number of nitrogens with one attached hydrogen (secondary N) is 1. The van der Waals surface area contributed by atoms with Crippen LogP contribution in [0.2, 0.25) is 0 Å². The van der Waals surface area contributed by atoms with Crippen LogP contribution >= 0.6 is 0 Å². The summed E-state index contributed by atoms with van der Waals surface area (Å²) in [5, 5.41) is 11.9. The normalized spacial score (nSPS) is 11.0. The van der Waals surface area contributed by atoms with Crippen molar-refractivity contribution in [1.29, 1.82) is 5.26 Å². The first-order valence-electron chi connectivity index (χ1n) is 6.05. The van der Waals surface area contributed by atoms with Crippen LogP contribution in [0.3, 0.4) is 0 Å². The summed E-state index contributed by atoms with van der Waals surface area (Å²) in [6, 6.07) is 9.95. The molecule has 0 aromatic heterocycles. The van der Waals surface area contributed by atoms with Gasteiger partial charge in [-0.3, -0.25) is 0 Å². The molecule has 2 rings (SSSR count). The molecule has 108 valence electrons. The molecular formula is C15H12F3N3. The SMILES string of the molecule is Cc1cc(N)cc(Nc2ccc(C(F)(F)F)cc2C#N)c1. The Morgan fingerprint density at radius 1 is 1.14 bits per heavy atom. The molecule has 0 fully saturated rings. The van der Waals surface area contributed by atoms with Gasteiger partial charge in [0, 0.05) is 11.4 Å². The van der Waals surface area contributed by atoms with Crippen LogP contribution in [-0.2, 0) is 6.18 Å². The average molecular weight is 291 g/mol. The second-order valence-electron chi connectivity index (χ2n) is 4.63. The number of nitrogens with two attached hydrogens (primary N) is 1. The van der Waals surface area contributed by atoms with E-state index < -0.39 is 11.7 Å². The highest BCUT2D eigenvalue weighted by molar-refractivity contribution is 5.69. The van der Waals surface area contributed by atoms with E-state index in [9.17, 15) is 13.2 Å². The Balaban J connectivity index is 2.39. The smallest absolute Gasteiger partial charge is 0.399 e. The van der Waals surface area contributed by atoms with Crippen molar-refractivity contribution in [3.63, 3.8) is 0 Å². The number of hydrogen-bond acceptors (Lipinski definition) is 3. The minimum absolute atomic E-state index is 0.0788. The number of rotatable bonds is 2. The Bertz CT molecular complexity index is 695. The predicted octanol–water partition coefficient (Wildman–Crippen LogP) is 4.21. The molecular weight excluding hydrogens is 279 g/mol. The quantitative estimate of drug-likeness (QED) is 0.815. The fourth-order valence-electron chi connectivity index (χ4n) is 1.96. The van der Waals surface area contributed by atoms with Crippen LogP contribution < -0.4 is 11.1 Å². The molecule has 0 spiro atoms. The number of benzene rings is 2. The second-order valence-corrected chi connectivity index (χ2v) is 4.63. The van der Waals surface area contributed by atoms with Gasteiger partial charge in [0.25, 0.3) is 0 Å². The lowest BCUT2D eigenvalue weighted by Crippen LogP contribution is -2.06.